The Morgan fingerprint density at radius 1 is 1.39 bits per heavy atom. The van der Waals surface area contributed by atoms with Crippen molar-refractivity contribution in [1.29, 1.82) is 0 Å². The van der Waals surface area contributed by atoms with Crippen LogP contribution in [0.3, 0.4) is 0 Å². The third kappa shape index (κ3) is 6.54. The zero-order valence-electron chi connectivity index (χ0n) is 20.0. The average molecular weight is 530 g/mol. The van der Waals surface area contributed by atoms with Gasteiger partial charge in [-0.05, 0) is 73.5 Å². The first-order valence-electron chi connectivity index (χ1n) is 11.9. The van der Waals surface area contributed by atoms with Gasteiger partial charge in [0.25, 0.3) is 0 Å². The van der Waals surface area contributed by atoms with Gasteiger partial charge in [-0.3, -0.25) is 14.7 Å². The predicted molar refractivity (Wildman–Crippen MR) is 141 cm³/mol. The summed E-state index contributed by atoms with van der Waals surface area (Å²) in [6, 6.07) is 8.41. The molecule has 3 aromatic rings. The van der Waals surface area contributed by atoms with Gasteiger partial charge in [0.05, 0.1) is 29.1 Å². The molecule has 0 amide bonds. The minimum Gasteiger partial charge on any atom is -0.497 e. The standard InChI is InChI=1S/C27H29ClFN3O3S/c1-35-19-5-8-24-21(14-19)27(22(28)15-31-24)23(30)7-4-17-10-12-32(16-18(17)13-26(33)34)11-2-3-20-6-9-25(29)36-20/h5-6,8-9,14-15,17-18,23H,4,7,10-13,16,30H2,1H3,(H,33,34)/t17-,18+,23+/m1/s1. The molecule has 0 aliphatic carbocycles. The Hall–Kier alpha value is -2.70. The molecule has 3 N–H and O–H groups in total. The number of ether oxygens (including phenoxy) is 1. The van der Waals surface area contributed by atoms with Crippen molar-refractivity contribution >= 4 is 39.8 Å². The molecule has 9 heteroatoms. The lowest BCUT2D eigenvalue weighted by Gasteiger charge is -2.37. The van der Waals surface area contributed by atoms with Crippen LogP contribution in [0.2, 0.25) is 5.02 Å². The zero-order chi connectivity index (χ0) is 25.7. The summed E-state index contributed by atoms with van der Waals surface area (Å²) in [5.41, 5.74) is 8.28. The Labute approximate surface area is 219 Å². The van der Waals surface area contributed by atoms with E-state index in [0.29, 0.717) is 35.2 Å². The van der Waals surface area contributed by atoms with E-state index in [1.54, 1.807) is 19.4 Å². The molecule has 0 unspecified atom stereocenters. The van der Waals surface area contributed by atoms with Crippen LogP contribution in [0.4, 0.5) is 4.39 Å². The summed E-state index contributed by atoms with van der Waals surface area (Å²) in [7, 11) is 1.61. The van der Waals surface area contributed by atoms with Gasteiger partial charge in [-0.15, -0.1) is 0 Å². The fraction of sp³-hybridized carbons (Fsp3) is 0.407. The first-order valence-corrected chi connectivity index (χ1v) is 13.1. The number of aliphatic carboxylic acids is 1. The van der Waals surface area contributed by atoms with E-state index >= 15 is 0 Å². The number of hydrogen-bond acceptors (Lipinski definition) is 6. The Kier molecular flexibility index (Phi) is 8.81. The van der Waals surface area contributed by atoms with Gasteiger partial charge in [-0.25, -0.2) is 0 Å². The molecular formula is C27H29ClFN3O3S. The minimum absolute atomic E-state index is 0.00850. The number of nitrogens with two attached hydrogens (primary N) is 1. The number of likely N-dealkylation sites (tertiary alicyclic amines) is 1. The molecule has 1 fully saturated rings. The number of halogens is 2. The molecule has 0 saturated carbocycles. The normalized spacial score (nSPS) is 19.0. The number of rotatable bonds is 8. The lowest BCUT2D eigenvalue weighted by atomic mass is 9.79. The highest BCUT2D eigenvalue weighted by molar-refractivity contribution is 7.10. The first-order chi connectivity index (χ1) is 17.3. The topological polar surface area (TPSA) is 88.7 Å². The van der Waals surface area contributed by atoms with Crippen molar-refractivity contribution in [3.8, 4) is 17.6 Å². The summed E-state index contributed by atoms with van der Waals surface area (Å²) >= 11 is 7.55. The van der Waals surface area contributed by atoms with E-state index in [-0.39, 0.29) is 29.4 Å². The van der Waals surface area contributed by atoms with Gasteiger partial charge in [-0.2, -0.15) is 4.39 Å². The highest BCUT2D eigenvalue weighted by Crippen LogP contribution is 2.36. The number of thiophene rings is 1. The molecule has 1 aliphatic heterocycles. The van der Waals surface area contributed by atoms with Crippen molar-refractivity contribution in [2.24, 2.45) is 17.6 Å². The molecule has 36 heavy (non-hydrogen) atoms. The van der Waals surface area contributed by atoms with Crippen LogP contribution >= 0.6 is 22.9 Å². The molecule has 1 saturated heterocycles. The molecule has 1 aromatic carbocycles. The number of pyridine rings is 1. The molecule has 0 radical (unpaired) electrons. The van der Waals surface area contributed by atoms with Gasteiger partial charge >= 0.3 is 5.97 Å². The van der Waals surface area contributed by atoms with Gasteiger partial charge in [0.1, 0.15) is 5.75 Å². The number of carboxylic acids is 1. The number of carboxylic acid groups (broad SMARTS) is 1. The van der Waals surface area contributed by atoms with Crippen LogP contribution in [-0.2, 0) is 4.79 Å². The lowest BCUT2D eigenvalue weighted by molar-refractivity contribution is -0.139. The van der Waals surface area contributed by atoms with E-state index in [1.807, 2.05) is 18.2 Å². The minimum atomic E-state index is -0.799. The SMILES string of the molecule is COc1ccc2ncc(Cl)c([C@@H](N)CC[C@@H]3CCN(CC#Cc4ccc(F)s4)C[C@@H]3CC(=O)O)c2c1. The third-order valence-corrected chi connectivity index (χ3v) is 7.88. The largest absolute Gasteiger partial charge is 0.497 e. The maximum absolute atomic E-state index is 13.2. The summed E-state index contributed by atoms with van der Waals surface area (Å²) in [6.07, 6.45) is 4.09. The molecule has 0 spiro atoms. The Bertz CT molecular complexity index is 1290. The third-order valence-electron chi connectivity index (χ3n) is 6.79. The van der Waals surface area contributed by atoms with Crippen LogP contribution in [0.5, 0.6) is 5.75 Å². The quantitative estimate of drug-likeness (QED) is 0.383. The highest BCUT2D eigenvalue weighted by Gasteiger charge is 2.31. The summed E-state index contributed by atoms with van der Waals surface area (Å²) in [5, 5.41) is 10.7. The second-order valence-corrected chi connectivity index (χ2v) is 10.6. The number of carbonyl (C=O) groups is 1. The molecule has 0 bridgehead atoms. The van der Waals surface area contributed by atoms with E-state index in [2.05, 4.69) is 21.7 Å². The molecule has 2 aromatic heterocycles. The van der Waals surface area contributed by atoms with Crippen LogP contribution in [0.15, 0.2) is 36.5 Å². The molecule has 6 nitrogen and oxygen atoms in total. The Morgan fingerprint density at radius 2 is 2.22 bits per heavy atom. The predicted octanol–water partition coefficient (Wildman–Crippen LogP) is 5.34. The van der Waals surface area contributed by atoms with Crippen molar-refractivity contribution in [1.82, 2.24) is 9.88 Å². The second kappa shape index (κ2) is 12.0. The monoisotopic (exact) mass is 529 g/mol. The fourth-order valence-corrected chi connectivity index (χ4v) is 5.86. The maximum Gasteiger partial charge on any atom is 0.303 e. The number of benzene rings is 1. The van der Waals surface area contributed by atoms with Crippen LogP contribution in [-0.4, -0.2) is 47.7 Å². The van der Waals surface area contributed by atoms with E-state index in [1.165, 1.54) is 6.07 Å². The maximum atomic E-state index is 13.2. The van der Waals surface area contributed by atoms with Gasteiger partial charge in [0.15, 0.2) is 5.13 Å². The van der Waals surface area contributed by atoms with E-state index in [4.69, 9.17) is 22.1 Å². The van der Waals surface area contributed by atoms with E-state index < -0.39 is 5.97 Å². The van der Waals surface area contributed by atoms with Crippen molar-refractivity contribution < 1.29 is 19.0 Å². The van der Waals surface area contributed by atoms with E-state index in [9.17, 15) is 14.3 Å². The smallest absolute Gasteiger partial charge is 0.303 e. The highest BCUT2D eigenvalue weighted by atomic mass is 35.5. The molecule has 3 heterocycles. The number of fused-ring (bicyclic) bond motifs is 1. The summed E-state index contributed by atoms with van der Waals surface area (Å²) < 4.78 is 18.5. The number of piperidine rings is 1. The van der Waals surface area contributed by atoms with E-state index in [0.717, 1.165) is 47.2 Å². The van der Waals surface area contributed by atoms with Crippen LogP contribution < -0.4 is 10.5 Å². The van der Waals surface area contributed by atoms with Crippen molar-refractivity contribution in [3.05, 3.63) is 57.1 Å². The van der Waals surface area contributed by atoms with Crippen LogP contribution in [0, 0.1) is 28.8 Å². The van der Waals surface area contributed by atoms with Gasteiger partial charge in [0.2, 0.25) is 0 Å². The Balaban J connectivity index is 1.42. The molecule has 1 aliphatic rings. The molecule has 190 valence electrons. The number of nitrogens with zero attached hydrogens (tertiary/aromatic N) is 2. The Morgan fingerprint density at radius 3 is 2.94 bits per heavy atom. The summed E-state index contributed by atoms with van der Waals surface area (Å²) in [6.45, 7) is 2.03. The van der Waals surface area contributed by atoms with Crippen LogP contribution in [0.1, 0.15) is 42.2 Å². The number of hydrogen-bond donors (Lipinski definition) is 2. The zero-order valence-corrected chi connectivity index (χ0v) is 21.6. The second-order valence-electron chi connectivity index (χ2n) is 9.13. The fourth-order valence-electron chi connectivity index (χ4n) is 4.96. The molecular weight excluding hydrogens is 501 g/mol. The first kappa shape index (κ1) is 26.4. The van der Waals surface area contributed by atoms with Crippen molar-refractivity contribution in [3.63, 3.8) is 0 Å². The number of methoxy groups -OCH3 is 1. The van der Waals surface area contributed by atoms with Crippen molar-refractivity contribution in [2.75, 3.05) is 26.7 Å². The van der Waals surface area contributed by atoms with Gasteiger partial charge in [0, 0.05) is 30.6 Å². The number of aromatic nitrogens is 1. The van der Waals surface area contributed by atoms with Crippen molar-refractivity contribution in [2.45, 2.75) is 31.7 Å². The van der Waals surface area contributed by atoms with Crippen LogP contribution in [0.25, 0.3) is 10.9 Å². The lowest BCUT2D eigenvalue weighted by Crippen LogP contribution is -2.41. The van der Waals surface area contributed by atoms with Gasteiger partial charge in [-0.1, -0.05) is 34.8 Å². The van der Waals surface area contributed by atoms with Gasteiger partial charge < -0.3 is 15.6 Å². The summed E-state index contributed by atoms with van der Waals surface area (Å²) in [5.74, 6) is 6.25. The summed E-state index contributed by atoms with van der Waals surface area (Å²) in [4.78, 5) is 18.9. The molecule has 3 atom stereocenters. The molecule has 4 rings (SSSR count). The average Bonchev–Trinajstić information content (AvgIpc) is 3.27.